The Bertz CT molecular complexity index is 1140. The molecule has 30 heavy (non-hydrogen) atoms. The summed E-state index contributed by atoms with van der Waals surface area (Å²) in [6.07, 6.45) is 0.132. The number of nitrogens with one attached hydrogen (secondary N) is 2. The van der Waals surface area contributed by atoms with E-state index >= 15 is 0 Å². The molecule has 0 spiro atoms. The van der Waals surface area contributed by atoms with E-state index in [1.54, 1.807) is 42.5 Å². The molecule has 0 saturated carbocycles. The SMILES string of the molecule is Cc1ccc(NC(=O)C(Cc2ccccc2)NS(=O)(=O)c2ccc(F)cc2)cc1Cl. The van der Waals surface area contributed by atoms with E-state index in [4.69, 9.17) is 11.6 Å². The quantitative estimate of drug-likeness (QED) is 0.567. The van der Waals surface area contributed by atoms with Crippen molar-refractivity contribution < 1.29 is 17.6 Å². The van der Waals surface area contributed by atoms with E-state index in [-0.39, 0.29) is 11.3 Å². The number of amides is 1. The Morgan fingerprint density at radius 2 is 1.70 bits per heavy atom. The zero-order chi connectivity index (χ0) is 21.7. The molecule has 156 valence electrons. The van der Waals surface area contributed by atoms with Crippen LogP contribution in [0.5, 0.6) is 0 Å². The average molecular weight is 447 g/mol. The summed E-state index contributed by atoms with van der Waals surface area (Å²) < 4.78 is 41.1. The van der Waals surface area contributed by atoms with Crippen molar-refractivity contribution >= 4 is 33.2 Å². The highest BCUT2D eigenvalue weighted by molar-refractivity contribution is 7.89. The van der Waals surface area contributed by atoms with Crippen molar-refractivity contribution in [3.8, 4) is 0 Å². The van der Waals surface area contributed by atoms with Gasteiger partial charge in [-0.05, 0) is 60.9 Å². The van der Waals surface area contributed by atoms with Crippen LogP contribution in [0, 0.1) is 12.7 Å². The van der Waals surface area contributed by atoms with E-state index < -0.39 is 27.8 Å². The fraction of sp³-hybridized carbons (Fsp3) is 0.136. The highest BCUT2D eigenvalue weighted by Crippen LogP contribution is 2.20. The van der Waals surface area contributed by atoms with Crippen molar-refractivity contribution in [1.29, 1.82) is 0 Å². The minimum Gasteiger partial charge on any atom is -0.325 e. The first kappa shape index (κ1) is 22.0. The van der Waals surface area contributed by atoms with E-state index in [0.717, 1.165) is 35.4 Å². The molecule has 0 fully saturated rings. The zero-order valence-corrected chi connectivity index (χ0v) is 17.7. The molecule has 1 unspecified atom stereocenters. The van der Waals surface area contributed by atoms with E-state index in [9.17, 15) is 17.6 Å². The van der Waals surface area contributed by atoms with Gasteiger partial charge in [0.1, 0.15) is 11.9 Å². The summed E-state index contributed by atoms with van der Waals surface area (Å²) in [5.41, 5.74) is 2.09. The monoisotopic (exact) mass is 446 g/mol. The molecule has 3 rings (SSSR count). The molecule has 0 aliphatic carbocycles. The Hall–Kier alpha value is -2.74. The molecule has 0 saturated heterocycles. The molecule has 8 heteroatoms. The second-order valence-corrected chi connectivity index (χ2v) is 8.89. The highest BCUT2D eigenvalue weighted by atomic mass is 35.5. The predicted molar refractivity (Wildman–Crippen MR) is 115 cm³/mol. The van der Waals surface area contributed by atoms with Crippen molar-refractivity contribution in [2.24, 2.45) is 0 Å². The van der Waals surface area contributed by atoms with Gasteiger partial charge in [-0.2, -0.15) is 4.72 Å². The molecule has 0 heterocycles. The number of sulfonamides is 1. The second kappa shape index (κ2) is 9.38. The third kappa shape index (κ3) is 5.66. The lowest BCUT2D eigenvalue weighted by molar-refractivity contribution is -0.117. The molecule has 5 nitrogen and oxygen atoms in total. The number of rotatable bonds is 7. The molecule has 3 aromatic carbocycles. The van der Waals surface area contributed by atoms with Gasteiger partial charge < -0.3 is 5.32 Å². The van der Waals surface area contributed by atoms with Gasteiger partial charge in [0.25, 0.3) is 0 Å². The number of carbonyl (C=O) groups is 1. The summed E-state index contributed by atoms with van der Waals surface area (Å²) in [5, 5.41) is 3.19. The number of anilines is 1. The van der Waals surface area contributed by atoms with E-state index in [1.807, 2.05) is 13.0 Å². The van der Waals surface area contributed by atoms with Gasteiger partial charge in [-0.25, -0.2) is 12.8 Å². The van der Waals surface area contributed by atoms with Crippen LogP contribution in [0.4, 0.5) is 10.1 Å². The molecule has 0 aliphatic rings. The molecule has 2 N–H and O–H groups in total. The number of aryl methyl sites for hydroxylation is 1. The van der Waals surface area contributed by atoms with Crippen LogP contribution in [-0.4, -0.2) is 20.4 Å². The van der Waals surface area contributed by atoms with Crippen molar-refractivity contribution in [3.63, 3.8) is 0 Å². The second-order valence-electron chi connectivity index (χ2n) is 6.77. The fourth-order valence-electron chi connectivity index (χ4n) is 2.81. The maximum absolute atomic E-state index is 13.2. The van der Waals surface area contributed by atoms with Crippen molar-refractivity contribution in [2.45, 2.75) is 24.3 Å². The van der Waals surface area contributed by atoms with Gasteiger partial charge in [0.15, 0.2) is 0 Å². The fourth-order valence-corrected chi connectivity index (χ4v) is 4.18. The van der Waals surface area contributed by atoms with Gasteiger partial charge >= 0.3 is 0 Å². The largest absolute Gasteiger partial charge is 0.325 e. The minimum absolute atomic E-state index is 0.131. The van der Waals surface area contributed by atoms with Crippen LogP contribution < -0.4 is 10.0 Å². The molecular formula is C22H20ClFN2O3S. The summed E-state index contributed by atoms with van der Waals surface area (Å²) in [5.74, 6) is -1.09. The summed E-state index contributed by atoms with van der Waals surface area (Å²) in [7, 11) is -4.05. The first-order valence-corrected chi connectivity index (χ1v) is 11.0. The molecule has 0 aliphatic heterocycles. The standard InChI is InChI=1S/C22H20ClFN2O3S/c1-15-7-10-18(14-20(15)23)25-22(27)21(13-16-5-3-2-4-6-16)26-30(28,29)19-11-8-17(24)9-12-19/h2-12,14,21,26H,13H2,1H3,(H,25,27). The molecule has 1 amide bonds. The third-order valence-corrected chi connectivity index (χ3v) is 6.35. The predicted octanol–water partition coefficient (Wildman–Crippen LogP) is 4.32. The van der Waals surface area contributed by atoms with E-state index in [0.29, 0.717) is 10.7 Å². The normalized spacial score (nSPS) is 12.4. The Morgan fingerprint density at radius 1 is 1.03 bits per heavy atom. The van der Waals surface area contributed by atoms with Gasteiger partial charge in [-0.15, -0.1) is 0 Å². The molecule has 3 aromatic rings. The van der Waals surface area contributed by atoms with Gasteiger partial charge in [0, 0.05) is 10.7 Å². The summed E-state index contributed by atoms with van der Waals surface area (Å²) in [6, 6.07) is 17.4. The Morgan fingerprint density at radius 3 is 2.33 bits per heavy atom. The Labute approximate surface area is 179 Å². The molecule has 0 aromatic heterocycles. The summed E-state index contributed by atoms with van der Waals surface area (Å²) >= 11 is 6.11. The zero-order valence-electron chi connectivity index (χ0n) is 16.1. The van der Waals surface area contributed by atoms with Crippen LogP contribution in [0.1, 0.15) is 11.1 Å². The topological polar surface area (TPSA) is 75.3 Å². The van der Waals surface area contributed by atoms with Gasteiger partial charge in [0.05, 0.1) is 4.90 Å². The highest BCUT2D eigenvalue weighted by Gasteiger charge is 2.26. The molecule has 0 radical (unpaired) electrons. The lowest BCUT2D eigenvalue weighted by atomic mass is 10.1. The van der Waals surface area contributed by atoms with Crippen LogP contribution in [-0.2, 0) is 21.2 Å². The number of benzene rings is 3. The van der Waals surface area contributed by atoms with Crippen LogP contribution in [0.25, 0.3) is 0 Å². The number of hydrogen-bond donors (Lipinski definition) is 2. The maximum atomic E-state index is 13.2. The van der Waals surface area contributed by atoms with Crippen molar-refractivity contribution in [3.05, 3.63) is 94.8 Å². The molecular weight excluding hydrogens is 427 g/mol. The van der Waals surface area contributed by atoms with Crippen LogP contribution in [0.2, 0.25) is 5.02 Å². The first-order valence-electron chi connectivity index (χ1n) is 9.13. The van der Waals surface area contributed by atoms with Gasteiger partial charge in [-0.3, -0.25) is 4.79 Å². The lowest BCUT2D eigenvalue weighted by Crippen LogP contribution is -2.45. The first-order chi connectivity index (χ1) is 14.2. The summed E-state index contributed by atoms with van der Waals surface area (Å²) in [4.78, 5) is 12.8. The Kier molecular flexibility index (Phi) is 6.87. The van der Waals surface area contributed by atoms with Gasteiger partial charge in [-0.1, -0.05) is 48.0 Å². The Balaban J connectivity index is 1.86. The minimum atomic E-state index is -4.05. The summed E-state index contributed by atoms with van der Waals surface area (Å²) in [6.45, 7) is 1.84. The van der Waals surface area contributed by atoms with Crippen molar-refractivity contribution in [1.82, 2.24) is 4.72 Å². The van der Waals surface area contributed by atoms with E-state index in [2.05, 4.69) is 10.0 Å². The van der Waals surface area contributed by atoms with E-state index in [1.165, 1.54) is 0 Å². The number of carbonyl (C=O) groups excluding carboxylic acids is 1. The van der Waals surface area contributed by atoms with Gasteiger partial charge in [0.2, 0.25) is 15.9 Å². The molecule has 0 bridgehead atoms. The van der Waals surface area contributed by atoms with Crippen molar-refractivity contribution in [2.75, 3.05) is 5.32 Å². The lowest BCUT2D eigenvalue weighted by Gasteiger charge is -2.19. The van der Waals surface area contributed by atoms with Crippen LogP contribution in [0.15, 0.2) is 77.7 Å². The number of hydrogen-bond acceptors (Lipinski definition) is 3. The van der Waals surface area contributed by atoms with Crippen LogP contribution >= 0.6 is 11.6 Å². The van der Waals surface area contributed by atoms with Crippen LogP contribution in [0.3, 0.4) is 0 Å². The third-order valence-electron chi connectivity index (χ3n) is 4.46. The smallest absolute Gasteiger partial charge is 0.242 e. The molecule has 1 atom stereocenters. The maximum Gasteiger partial charge on any atom is 0.242 e. The average Bonchev–Trinajstić information content (AvgIpc) is 2.71. The number of halogens is 2.